The van der Waals surface area contributed by atoms with Gasteiger partial charge in [-0.05, 0) is 71.2 Å². The van der Waals surface area contributed by atoms with E-state index in [2.05, 4.69) is 70.7 Å². The van der Waals surface area contributed by atoms with Crippen molar-refractivity contribution in [2.45, 2.75) is 40.2 Å². The van der Waals surface area contributed by atoms with Crippen LogP contribution in [0.25, 0.3) is 22.6 Å². The number of aromatic nitrogens is 4. The molecule has 186 valence electrons. The quantitative estimate of drug-likeness (QED) is 0.405. The number of rotatable bonds is 12. The van der Waals surface area contributed by atoms with Crippen LogP contribution in [0.3, 0.4) is 0 Å². The molecular formula is C25H39N7O2. The van der Waals surface area contributed by atoms with E-state index in [1.807, 2.05) is 17.6 Å². The van der Waals surface area contributed by atoms with Crippen LogP contribution in [0.2, 0.25) is 0 Å². The number of hydrogen-bond acceptors (Lipinski definition) is 7. The van der Waals surface area contributed by atoms with Gasteiger partial charge in [-0.25, -0.2) is 9.78 Å². The minimum absolute atomic E-state index is 0.199. The predicted molar refractivity (Wildman–Crippen MR) is 138 cm³/mol. The second-order valence-corrected chi connectivity index (χ2v) is 9.50. The number of aryl methyl sites for hydroxylation is 2. The number of benzene rings is 1. The van der Waals surface area contributed by atoms with Crippen molar-refractivity contribution in [1.29, 1.82) is 0 Å². The van der Waals surface area contributed by atoms with Gasteiger partial charge in [-0.3, -0.25) is 9.78 Å². The summed E-state index contributed by atoms with van der Waals surface area (Å²) < 4.78 is 1.96. The van der Waals surface area contributed by atoms with E-state index in [4.69, 9.17) is 0 Å². The van der Waals surface area contributed by atoms with Crippen LogP contribution < -0.4 is 11.2 Å². The highest BCUT2D eigenvalue weighted by Gasteiger charge is 2.19. The van der Waals surface area contributed by atoms with E-state index in [0.717, 1.165) is 61.4 Å². The van der Waals surface area contributed by atoms with E-state index in [1.54, 1.807) is 0 Å². The third-order valence-electron chi connectivity index (χ3n) is 6.55. The molecule has 0 radical (unpaired) electrons. The molecule has 2 aliphatic rings. The highest BCUT2D eigenvalue weighted by Crippen LogP contribution is 2.23. The number of nitrogens with zero attached hydrogens (tertiary/aromatic N) is 6. The Morgan fingerprint density at radius 2 is 1.44 bits per heavy atom. The average Bonchev–Trinajstić information content (AvgIpc) is 2.79. The first kappa shape index (κ1) is 26.0. The first-order valence-electron chi connectivity index (χ1n) is 12.2. The van der Waals surface area contributed by atoms with Gasteiger partial charge in [0, 0.05) is 39.3 Å². The van der Waals surface area contributed by atoms with Gasteiger partial charge in [-0.15, -0.1) is 0 Å². The maximum Gasteiger partial charge on any atom is 0.349 e. The van der Waals surface area contributed by atoms with Crippen LogP contribution in [0, 0.1) is 13.8 Å². The van der Waals surface area contributed by atoms with Crippen molar-refractivity contribution in [2.75, 3.05) is 60.4 Å². The highest BCUT2D eigenvalue weighted by atomic mass is 16.2. The SMILES string of the molecule is CCCCN(C)CCN(C)CCN(C)CCn1c2nc(=O)[nH]c(=O)c-2nc2cc(C)c(C)cc21. The van der Waals surface area contributed by atoms with Gasteiger partial charge in [0.05, 0.1) is 11.0 Å². The number of hydrogen-bond donors (Lipinski definition) is 1. The molecule has 0 aliphatic carbocycles. The predicted octanol–water partition coefficient (Wildman–Crippen LogP) is 1.80. The van der Waals surface area contributed by atoms with E-state index in [-0.39, 0.29) is 5.69 Å². The summed E-state index contributed by atoms with van der Waals surface area (Å²) in [7, 11) is 6.45. The lowest BCUT2D eigenvalue weighted by Crippen LogP contribution is -2.37. The Kier molecular flexibility index (Phi) is 8.93. The molecule has 0 atom stereocenters. The fraction of sp³-hybridized carbons (Fsp3) is 0.600. The number of unbranched alkanes of at least 4 members (excludes halogenated alkanes) is 1. The second kappa shape index (κ2) is 11.7. The zero-order valence-electron chi connectivity index (χ0n) is 21.5. The van der Waals surface area contributed by atoms with E-state index < -0.39 is 11.2 Å². The summed E-state index contributed by atoms with van der Waals surface area (Å²) in [6.45, 7) is 12.8. The molecule has 1 N–H and O–H groups in total. The van der Waals surface area contributed by atoms with E-state index >= 15 is 0 Å². The van der Waals surface area contributed by atoms with Crippen LogP contribution in [0.4, 0.5) is 0 Å². The molecule has 0 saturated carbocycles. The minimum Gasteiger partial charge on any atom is -0.321 e. The first-order chi connectivity index (χ1) is 16.2. The first-order valence-corrected chi connectivity index (χ1v) is 12.2. The second-order valence-electron chi connectivity index (χ2n) is 9.50. The monoisotopic (exact) mass is 469 g/mol. The molecule has 3 rings (SSSR count). The molecule has 0 amide bonds. The smallest absolute Gasteiger partial charge is 0.321 e. The van der Waals surface area contributed by atoms with E-state index in [9.17, 15) is 9.59 Å². The molecule has 1 aromatic carbocycles. The molecule has 0 unspecified atom stereocenters. The van der Waals surface area contributed by atoms with Crippen molar-refractivity contribution in [3.63, 3.8) is 0 Å². The topological polar surface area (TPSA) is 90.4 Å². The Morgan fingerprint density at radius 1 is 0.853 bits per heavy atom. The summed E-state index contributed by atoms with van der Waals surface area (Å²) in [5.74, 6) is 0.338. The molecule has 9 heteroatoms. The lowest BCUT2D eigenvalue weighted by Gasteiger charge is -2.25. The van der Waals surface area contributed by atoms with Crippen LogP contribution in [0.1, 0.15) is 30.9 Å². The molecule has 0 aromatic heterocycles. The van der Waals surface area contributed by atoms with Crippen LogP contribution in [0.5, 0.6) is 0 Å². The Morgan fingerprint density at radius 3 is 2.09 bits per heavy atom. The van der Waals surface area contributed by atoms with Crippen molar-refractivity contribution in [3.05, 3.63) is 44.1 Å². The molecular weight excluding hydrogens is 430 g/mol. The van der Waals surface area contributed by atoms with Crippen molar-refractivity contribution in [3.8, 4) is 11.5 Å². The van der Waals surface area contributed by atoms with Crippen LogP contribution in [-0.4, -0.2) is 94.6 Å². The summed E-state index contributed by atoms with van der Waals surface area (Å²) in [5, 5.41) is 0. The number of likely N-dealkylation sites (N-methyl/N-ethyl adjacent to an activating group) is 3. The molecule has 2 aliphatic heterocycles. The fourth-order valence-electron chi connectivity index (χ4n) is 3.99. The Bertz CT molecular complexity index is 1190. The number of aromatic amines is 1. The van der Waals surface area contributed by atoms with Gasteiger partial charge in [-0.2, -0.15) is 4.98 Å². The maximum absolute atomic E-state index is 12.4. The van der Waals surface area contributed by atoms with Gasteiger partial charge in [0.25, 0.3) is 5.56 Å². The van der Waals surface area contributed by atoms with Crippen molar-refractivity contribution in [2.24, 2.45) is 0 Å². The van der Waals surface area contributed by atoms with E-state index in [1.165, 1.54) is 12.8 Å². The molecule has 0 fully saturated rings. The standard InChI is InChI=1S/C25H39N7O2/c1-7-8-9-29(4)10-11-30(5)12-13-31(6)14-15-32-21-17-19(3)18(2)16-20(21)26-22-23(32)27-25(34)28-24(22)33/h16-17H,7-15H2,1-6H3,(H,28,33,34). The Labute approximate surface area is 201 Å². The molecule has 2 heterocycles. The van der Waals surface area contributed by atoms with Gasteiger partial charge in [0.2, 0.25) is 0 Å². The van der Waals surface area contributed by atoms with Crippen LogP contribution >= 0.6 is 0 Å². The third kappa shape index (κ3) is 6.49. The van der Waals surface area contributed by atoms with Gasteiger partial charge in [0.1, 0.15) is 0 Å². The minimum atomic E-state index is -0.643. The normalized spacial score (nSPS) is 12.1. The lowest BCUT2D eigenvalue weighted by atomic mass is 10.1. The van der Waals surface area contributed by atoms with Gasteiger partial charge in [0.15, 0.2) is 11.5 Å². The average molecular weight is 470 g/mol. The molecule has 0 spiro atoms. The van der Waals surface area contributed by atoms with Gasteiger partial charge >= 0.3 is 5.69 Å². The summed E-state index contributed by atoms with van der Waals surface area (Å²) in [4.78, 5) is 42.3. The summed E-state index contributed by atoms with van der Waals surface area (Å²) in [6, 6.07) is 4.05. The van der Waals surface area contributed by atoms with E-state index in [0.29, 0.717) is 12.4 Å². The zero-order chi connectivity index (χ0) is 24.8. The molecule has 9 nitrogen and oxygen atoms in total. The zero-order valence-corrected chi connectivity index (χ0v) is 21.5. The highest BCUT2D eigenvalue weighted by molar-refractivity contribution is 5.81. The lowest BCUT2D eigenvalue weighted by molar-refractivity contribution is 0.222. The van der Waals surface area contributed by atoms with Gasteiger partial charge in [-0.1, -0.05) is 13.3 Å². The van der Waals surface area contributed by atoms with Gasteiger partial charge < -0.3 is 19.3 Å². The Balaban J connectivity index is 1.71. The van der Waals surface area contributed by atoms with Crippen molar-refractivity contribution < 1.29 is 0 Å². The molecule has 34 heavy (non-hydrogen) atoms. The van der Waals surface area contributed by atoms with Crippen molar-refractivity contribution >= 4 is 11.0 Å². The maximum atomic E-state index is 12.4. The largest absolute Gasteiger partial charge is 0.349 e. The fourth-order valence-corrected chi connectivity index (χ4v) is 3.99. The molecule has 0 saturated heterocycles. The van der Waals surface area contributed by atoms with Crippen molar-refractivity contribution in [1.82, 2.24) is 34.2 Å². The summed E-state index contributed by atoms with van der Waals surface area (Å²) in [5.41, 5.74) is 2.91. The summed E-state index contributed by atoms with van der Waals surface area (Å²) in [6.07, 6.45) is 2.47. The van der Waals surface area contributed by atoms with Crippen LogP contribution in [-0.2, 0) is 6.54 Å². The molecule has 1 aromatic rings. The molecule has 0 bridgehead atoms. The number of nitrogens with one attached hydrogen (secondary N) is 1. The number of H-pyrrole nitrogens is 1. The third-order valence-corrected chi connectivity index (χ3v) is 6.55. The Hall–Kier alpha value is -2.62. The number of fused-ring (bicyclic) bond motifs is 2. The summed E-state index contributed by atoms with van der Waals surface area (Å²) >= 11 is 0. The van der Waals surface area contributed by atoms with Crippen LogP contribution in [0.15, 0.2) is 21.7 Å².